The second kappa shape index (κ2) is 8.04. The monoisotopic (exact) mass is 380 g/mol. The fourth-order valence-electron chi connectivity index (χ4n) is 4.52. The first-order chi connectivity index (χ1) is 12.1. The van der Waals surface area contributed by atoms with E-state index in [9.17, 15) is 4.39 Å². The third-order valence-corrected chi connectivity index (χ3v) is 11.8. The number of hydrogen-bond donors (Lipinski definition) is 2. The topological polar surface area (TPSA) is 65.1 Å². The summed E-state index contributed by atoms with van der Waals surface area (Å²) in [6.07, 6.45) is 2.17. The van der Waals surface area contributed by atoms with Crippen molar-refractivity contribution < 1.29 is 8.82 Å². The number of aromatic nitrogens is 1. The molecule has 26 heavy (non-hydrogen) atoms. The molecule has 0 aromatic carbocycles. The number of pyridine rings is 1. The van der Waals surface area contributed by atoms with E-state index in [-0.39, 0.29) is 17.6 Å². The quantitative estimate of drug-likeness (QED) is 0.458. The summed E-state index contributed by atoms with van der Waals surface area (Å²) in [7, 11) is -1.96. The Balaban J connectivity index is 2.16. The molecule has 1 aromatic heterocycles. The predicted octanol–water partition coefficient (Wildman–Crippen LogP) is 4.16. The highest BCUT2D eigenvalue weighted by Crippen LogP contribution is 2.43. The van der Waals surface area contributed by atoms with Gasteiger partial charge in [-0.25, -0.2) is 4.39 Å². The molecule has 2 rings (SSSR count). The van der Waals surface area contributed by atoms with Gasteiger partial charge in [-0.2, -0.15) is 0 Å². The zero-order valence-corrected chi connectivity index (χ0v) is 17.8. The van der Waals surface area contributed by atoms with Crippen molar-refractivity contribution in [1.82, 2.24) is 9.47 Å². The van der Waals surface area contributed by atoms with Crippen LogP contribution in [0.2, 0.25) is 16.6 Å². The molecule has 1 aromatic rings. The van der Waals surface area contributed by atoms with Gasteiger partial charge in [0, 0.05) is 19.3 Å². The van der Waals surface area contributed by atoms with Gasteiger partial charge in [-0.3, -0.25) is 15.4 Å². The molecule has 0 aliphatic carbocycles. The largest absolute Gasteiger partial charge is 0.411 e. The van der Waals surface area contributed by atoms with Crippen LogP contribution in [0.15, 0.2) is 18.3 Å². The Morgan fingerprint density at radius 1 is 1.15 bits per heavy atom. The minimum absolute atomic E-state index is 0.0950. The summed E-state index contributed by atoms with van der Waals surface area (Å²) >= 11 is 0. The van der Waals surface area contributed by atoms with Gasteiger partial charge in [-0.15, -0.1) is 0 Å². The molecule has 5 nitrogen and oxygen atoms in total. The minimum atomic E-state index is -1.96. The van der Waals surface area contributed by atoms with Crippen LogP contribution in [0.25, 0.3) is 0 Å². The van der Waals surface area contributed by atoms with E-state index in [1.54, 1.807) is 0 Å². The first-order valence-electron chi connectivity index (χ1n) is 9.54. The molecule has 0 unspecified atom stereocenters. The summed E-state index contributed by atoms with van der Waals surface area (Å²) in [4.78, 5) is 1.89. The molecule has 0 bridgehead atoms. The summed E-state index contributed by atoms with van der Waals surface area (Å²) in [6, 6.07) is 2.62. The molecule has 1 aliphatic rings. The SMILES string of the molecule is CC(C)[Si](O[C@@H]1CCN(C(=N)n2cc(F)ccc2=N)C1)(C(C)C)C(C)C. The highest BCUT2D eigenvalue weighted by molar-refractivity contribution is 6.77. The molecular formula is C19H33FN4OSi. The van der Waals surface area contributed by atoms with Crippen molar-refractivity contribution in [2.24, 2.45) is 0 Å². The maximum atomic E-state index is 13.5. The molecule has 2 N–H and O–H groups in total. The average molecular weight is 381 g/mol. The van der Waals surface area contributed by atoms with Crippen molar-refractivity contribution in [1.29, 1.82) is 10.8 Å². The third-order valence-electron chi connectivity index (χ3n) is 5.66. The number of hydrogen-bond acceptors (Lipinski definition) is 3. The van der Waals surface area contributed by atoms with Gasteiger partial charge in [0.15, 0.2) is 0 Å². The van der Waals surface area contributed by atoms with E-state index in [2.05, 4.69) is 41.5 Å². The number of nitrogens with zero attached hydrogens (tertiary/aromatic N) is 2. The van der Waals surface area contributed by atoms with E-state index in [1.807, 2.05) is 4.90 Å². The van der Waals surface area contributed by atoms with Gasteiger partial charge < -0.3 is 9.33 Å². The second-order valence-corrected chi connectivity index (χ2v) is 13.6. The molecule has 146 valence electrons. The zero-order valence-electron chi connectivity index (χ0n) is 16.8. The van der Waals surface area contributed by atoms with Gasteiger partial charge >= 0.3 is 0 Å². The van der Waals surface area contributed by atoms with Crippen LogP contribution in [0, 0.1) is 16.6 Å². The van der Waals surface area contributed by atoms with Crippen LogP contribution in [0.4, 0.5) is 4.39 Å². The summed E-state index contributed by atoms with van der Waals surface area (Å²) in [5.74, 6) is -0.296. The molecule has 2 heterocycles. The first kappa shape index (κ1) is 20.8. The standard InChI is InChI=1S/C19H33FN4OSi/c1-13(2)26(14(3)4,15(5)6)25-17-9-10-23(12-17)19(22)24-11-16(20)7-8-18(24)21/h7-8,11,13-15,17,21-22H,9-10,12H2,1-6H3/t17-/m1/s1. The van der Waals surface area contributed by atoms with Crippen molar-refractivity contribution in [2.45, 2.75) is 70.7 Å². The van der Waals surface area contributed by atoms with Crippen LogP contribution in [0.3, 0.4) is 0 Å². The van der Waals surface area contributed by atoms with Crippen LogP contribution in [0.1, 0.15) is 48.0 Å². The maximum Gasteiger partial charge on any atom is 0.203 e. The van der Waals surface area contributed by atoms with E-state index >= 15 is 0 Å². The highest BCUT2D eigenvalue weighted by atomic mass is 28.4. The molecule has 0 radical (unpaired) electrons. The molecule has 0 spiro atoms. The van der Waals surface area contributed by atoms with E-state index in [0.717, 1.165) is 6.42 Å². The van der Waals surface area contributed by atoms with Gasteiger partial charge in [0.2, 0.25) is 14.3 Å². The van der Waals surface area contributed by atoms with Crippen molar-refractivity contribution in [3.05, 3.63) is 29.6 Å². The van der Waals surface area contributed by atoms with Gasteiger partial charge in [-0.05, 0) is 35.2 Å². The Kier molecular flexibility index (Phi) is 6.45. The normalized spacial score (nSPS) is 18.4. The smallest absolute Gasteiger partial charge is 0.203 e. The highest BCUT2D eigenvalue weighted by Gasteiger charge is 2.47. The summed E-state index contributed by atoms with van der Waals surface area (Å²) in [6.45, 7) is 15.0. The van der Waals surface area contributed by atoms with E-state index in [4.69, 9.17) is 15.2 Å². The van der Waals surface area contributed by atoms with Crippen molar-refractivity contribution >= 4 is 14.3 Å². The Morgan fingerprint density at radius 2 is 1.73 bits per heavy atom. The van der Waals surface area contributed by atoms with Gasteiger partial charge in [0.25, 0.3) is 0 Å². The lowest BCUT2D eigenvalue weighted by molar-refractivity contribution is 0.184. The Hall–Kier alpha value is -1.47. The second-order valence-electron chi connectivity index (χ2n) is 8.22. The summed E-state index contributed by atoms with van der Waals surface area (Å²) in [5, 5.41) is 16.3. The molecule has 7 heteroatoms. The Bertz CT molecular complexity index is 679. The average Bonchev–Trinajstić information content (AvgIpc) is 3.01. The predicted molar refractivity (Wildman–Crippen MR) is 105 cm³/mol. The van der Waals surface area contributed by atoms with Crippen LogP contribution < -0.4 is 5.49 Å². The van der Waals surface area contributed by atoms with Crippen LogP contribution >= 0.6 is 0 Å². The number of nitrogens with one attached hydrogen (secondary N) is 2. The third kappa shape index (κ3) is 3.93. The molecule has 1 fully saturated rings. The van der Waals surface area contributed by atoms with Crippen LogP contribution in [-0.2, 0) is 4.43 Å². The lowest BCUT2D eigenvalue weighted by Crippen LogP contribution is -2.51. The summed E-state index contributed by atoms with van der Waals surface area (Å²) < 4.78 is 21.6. The fourth-order valence-corrected chi connectivity index (χ4v) is 10.1. The van der Waals surface area contributed by atoms with Crippen LogP contribution in [0.5, 0.6) is 0 Å². The molecule has 1 saturated heterocycles. The van der Waals surface area contributed by atoms with Gasteiger partial charge in [-0.1, -0.05) is 41.5 Å². The first-order valence-corrected chi connectivity index (χ1v) is 11.7. The molecular weight excluding hydrogens is 347 g/mol. The lowest BCUT2D eigenvalue weighted by atomic mass is 10.3. The van der Waals surface area contributed by atoms with Crippen molar-refractivity contribution in [3.63, 3.8) is 0 Å². The molecule has 1 aliphatic heterocycles. The zero-order chi connectivity index (χ0) is 19.6. The molecule has 0 amide bonds. The van der Waals surface area contributed by atoms with Gasteiger partial charge in [0.1, 0.15) is 11.3 Å². The van der Waals surface area contributed by atoms with Gasteiger partial charge in [0.05, 0.1) is 6.10 Å². The summed E-state index contributed by atoms with van der Waals surface area (Å²) in [5.41, 5.74) is 1.67. The van der Waals surface area contributed by atoms with E-state index in [0.29, 0.717) is 29.7 Å². The minimum Gasteiger partial charge on any atom is -0.411 e. The van der Waals surface area contributed by atoms with E-state index < -0.39 is 14.1 Å². The fraction of sp³-hybridized carbons (Fsp3) is 0.684. The lowest BCUT2D eigenvalue weighted by Gasteiger charge is -2.44. The number of rotatable bonds is 5. The molecule has 1 atom stereocenters. The number of halogens is 1. The van der Waals surface area contributed by atoms with Crippen LogP contribution in [-0.4, -0.2) is 42.9 Å². The maximum absolute atomic E-state index is 13.5. The number of likely N-dealkylation sites (tertiary alicyclic amines) is 1. The Labute approximate surface area is 157 Å². The molecule has 0 saturated carbocycles. The van der Waals surface area contributed by atoms with Crippen molar-refractivity contribution in [2.75, 3.05) is 13.1 Å². The van der Waals surface area contributed by atoms with E-state index in [1.165, 1.54) is 22.9 Å². The Morgan fingerprint density at radius 3 is 2.27 bits per heavy atom. The van der Waals surface area contributed by atoms with Crippen molar-refractivity contribution in [3.8, 4) is 0 Å².